The molecule has 8 nitrogen and oxygen atoms in total. The number of rotatable bonds is 6. The van der Waals surface area contributed by atoms with Crippen LogP contribution in [-0.4, -0.2) is 66.1 Å². The molecule has 178 valence electrons. The zero-order chi connectivity index (χ0) is 24.8. The SMILES string of the molecule is COC(=O)c1c(N)c(C#N)cn1-c1ccc(C(=O)N2CCN(CC=Cc3ccccc3)CC2)cc1. The van der Waals surface area contributed by atoms with Crippen molar-refractivity contribution < 1.29 is 14.3 Å². The number of anilines is 1. The van der Waals surface area contributed by atoms with Crippen molar-refractivity contribution in [3.05, 3.63) is 89.3 Å². The summed E-state index contributed by atoms with van der Waals surface area (Å²) in [5, 5.41) is 9.28. The van der Waals surface area contributed by atoms with Gasteiger partial charge in [-0.05, 0) is 29.8 Å². The summed E-state index contributed by atoms with van der Waals surface area (Å²) in [6.07, 6.45) is 5.76. The number of nitrogens with zero attached hydrogens (tertiary/aromatic N) is 4. The van der Waals surface area contributed by atoms with Crippen molar-refractivity contribution in [2.75, 3.05) is 45.6 Å². The Morgan fingerprint density at radius 3 is 2.37 bits per heavy atom. The highest BCUT2D eigenvalue weighted by Crippen LogP contribution is 2.25. The number of ether oxygens (including phenoxy) is 1. The van der Waals surface area contributed by atoms with E-state index in [0.29, 0.717) is 24.3 Å². The molecule has 1 aromatic heterocycles. The van der Waals surface area contributed by atoms with Crippen molar-refractivity contribution in [2.45, 2.75) is 0 Å². The molecule has 0 aliphatic carbocycles. The Labute approximate surface area is 204 Å². The molecule has 0 spiro atoms. The van der Waals surface area contributed by atoms with Gasteiger partial charge in [0.25, 0.3) is 5.91 Å². The third-order valence-corrected chi connectivity index (χ3v) is 6.07. The molecule has 8 heteroatoms. The molecule has 1 aliphatic heterocycles. The van der Waals surface area contributed by atoms with Gasteiger partial charge in [0.15, 0.2) is 5.69 Å². The summed E-state index contributed by atoms with van der Waals surface area (Å²) in [4.78, 5) is 29.4. The van der Waals surface area contributed by atoms with Crippen LogP contribution in [0, 0.1) is 11.3 Å². The minimum absolute atomic E-state index is 0.0334. The lowest BCUT2D eigenvalue weighted by atomic mass is 10.1. The summed E-state index contributed by atoms with van der Waals surface area (Å²) in [5.41, 5.74) is 8.63. The monoisotopic (exact) mass is 469 g/mol. The average molecular weight is 470 g/mol. The lowest BCUT2D eigenvalue weighted by Gasteiger charge is -2.34. The normalized spacial score (nSPS) is 14.1. The molecule has 2 heterocycles. The first-order valence-electron chi connectivity index (χ1n) is 11.3. The van der Waals surface area contributed by atoms with E-state index in [4.69, 9.17) is 10.5 Å². The van der Waals surface area contributed by atoms with Crippen LogP contribution < -0.4 is 5.73 Å². The summed E-state index contributed by atoms with van der Waals surface area (Å²) in [6.45, 7) is 3.78. The molecule has 1 saturated heterocycles. The van der Waals surface area contributed by atoms with Crippen LogP contribution in [0.25, 0.3) is 11.8 Å². The fraction of sp³-hybridized carbons (Fsp3) is 0.222. The molecule has 0 bridgehead atoms. The number of amides is 1. The van der Waals surface area contributed by atoms with Crippen molar-refractivity contribution in [3.8, 4) is 11.8 Å². The zero-order valence-corrected chi connectivity index (χ0v) is 19.6. The Hall–Kier alpha value is -4.35. The van der Waals surface area contributed by atoms with E-state index in [1.54, 1.807) is 24.3 Å². The van der Waals surface area contributed by atoms with Gasteiger partial charge < -0.3 is 19.9 Å². The topological polar surface area (TPSA) is 105 Å². The molecule has 0 unspecified atom stereocenters. The Balaban J connectivity index is 1.38. The van der Waals surface area contributed by atoms with Crippen LogP contribution in [-0.2, 0) is 4.74 Å². The molecule has 4 rings (SSSR count). The molecular weight excluding hydrogens is 442 g/mol. The van der Waals surface area contributed by atoms with Gasteiger partial charge in [0.05, 0.1) is 18.4 Å². The van der Waals surface area contributed by atoms with E-state index < -0.39 is 5.97 Å². The molecule has 1 aliphatic rings. The first-order valence-corrected chi connectivity index (χ1v) is 11.3. The quantitative estimate of drug-likeness (QED) is 0.556. The minimum atomic E-state index is -0.638. The standard InChI is InChI=1S/C27H27N5O3/c1-35-27(34)25-24(29)22(18-28)19-32(25)23-11-9-21(10-12-23)26(33)31-16-14-30(15-17-31)13-5-8-20-6-3-2-4-7-20/h2-12,19H,13-17,29H2,1H3. The first kappa shape index (κ1) is 23.8. The van der Waals surface area contributed by atoms with Crippen LogP contribution in [0.3, 0.4) is 0 Å². The zero-order valence-electron chi connectivity index (χ0n) is 19.6. The van der Waals surface area contributed by atoms with Crippen molar-refractivity contribution in [1.29, 1.82) is 5.26 Å². The number of nitrogen functional groups attached to an aromatic ring is 1. The number of nitrogens with two attached hydrogens (primary N) is 1. The van der Waals surface area contributed by atoms with Crippen molar-refractivity contribution in [1.82, 2.24) is 14.4 Å². The lowest BCUT2D eigenvalue weighted by molar-refractivity contribution is 0.0591. The second kappa shape index (κ2) is 10.7. The highest BCUT2D eigenvalue weighted by atomic mass is 16.5. The lowest BCUT2D eigenvalue weighted by Crippen LogP contribution is -2.48. The maximum absolute atomic E-state index is 13.0. The Morgan fingerprint density at radius 2 is 1.74 bits per heavy atom. The molecule has 35 heavy (non-hydrogen) atoms. The van der Waals surface area contributed by atoms with Crippen LogP contribution in [0.1, 0.15) is 32.0 Å². The fourth-order valence-electron chi connectivity index (χ4n) is 4.10. The van der Waals surface area contributed by atoms with Crippen molar-refractivity contribution in [2.24, 2.45) is 0 Å². The van der Waals surface area contributed by atoms with Crippen LogP contribution in [0.4, 0.5) is 5.69 Å². The number of nitriles is 1. The predicted molar refractivity (Wildman–Crippen MR) is 134 cm³/mol. The summed E-state index contributed by atoms with van der Waals surface area (Å²) < 4.78 is 6.33. The van der Waals surface area contributed by atoms with Gasteiger partial charge in [-0.15, -0.1) is 0 Å². The van der Waals surface area contributed by atoms with Gasteiger partial charge in [0.2, 0.25) is 0 Å². The first-order chi connectivity index (χ1) is 17.0. The number of esters is 1. The van der Waals surface area contributed by atoms with Gasteiger partial charge in [-0.25, -0.2) is 4.79 Å². The number of hydrogen-bond donors (Lipinski definition) is 1. The molecular formula is C27H27N5O3. The largest absolute Gasteiger partial charge is 0.464 e. The summed E-state index contributed by atoms with van der Waals surface area (Å²) in [6, 6.07) is 19.1. The van der Waals surface area contributed by atoms with E-state index >= 15 is 0 Å². The van der Waals surface area contributed by atoms with Crippen LogP contribution in [0.15, 0.2) is 66.9 Å². The molecule has 1 fully saturated rings. The van der Waals surface area contributed by atoms with E-state index in [2.05, 4.69) is 29.2 Å². The molecule has 0 saturated carbocycles. The van der Waals surface area contributed by atoms with E-state index in [9.17, 15) is 14.9 Å². The highest BCUT2D eigenvalue weighted by Gasteiger charge is 2.23. The van der Waals surface area contributed by atoms with Crippen molar-refractivity contribution in [3.63, 3.8) is 0 Å². The van der Waals surface area contributed by atoms with Gasteiger partial charge in [-0.1, -0.05) is 42.5 Å². The van der Waals surface area contributed by atoms with Gasteiger partial charge in [-0.3, -0.25) is 9.69 Å². The maximum atomic E-state index is 13.0. The summed E-state index contributed by atoms with van der Waals surface area (Å²) >= 11 is 0. The van der Waals surface area contributed by atoms with Gasteiger partial charge in [0, 0.05) is 50.2 Å². The number of aromatic nitrogens is 1. The van der Waals surface area contributed by atoms with E-state index in [1.165, 1.54) is 23.4 Å². The molecule has 3 aromatic rings. The molecule has 2 N–H and O–H groups in total. The minimum Gasteiger partial charge on any atom is -0.464 e. The second-order valence-electron chi connectivity index (χ2n) is 8.23. The van der Waals surface area contributed by atoms with Gasteiger partial charge in [-0.2, -0.15) is 5.26 Å². The number of benzene rings is 2. The number of methoxy groups -OCH3 is 1. The van der Waals surface area contributed by atoms with Gasteiger partial charge >= 0.3 is 5.97 Å². The van der Waals surface area contributed by atoms with E-state index in [-0.39, 0.29) is 22.9 Å². The van der Waals surface area contributed by atoms with Crippen LogP contribution in [0.2, 0.25) is 0 Å². The Kier molecular flexibility index (Phi) is 7.29. The fourth-order valence-corrected chi connectivity index (χ4v) is 4.10. The predicted octanol–water partition coefficient (Wildman–Crippen LogP) is 3.19. The number of piperazine rings is 1. The highest BCUT2D eigenvalue weighted by molar-refractivity contribution is 5.96. The van der Waals surface area contributed by atoms with E-state index in [0.717, 1.165) is 19.6 Å². The number of carbonyl (C=O) groups is 2. The van der Waals surface area contributed by atoms with E-state index in [1.807, 2.05) is 29.2 Å². The molecule has 2 aromatic carbocycles. The summed E-state index contributed by atoms with van der Waals surface area (Å²) in [5.74, 6) is -0.672. The molecule has 0 radical (unpaired) electrons. The Bertz CT molecular complexity index is 1260. The average Bonchev–Trinajstić information content (AvgIpc) is 3.25. The number of carbonyl (C=O) groups excluding carboxylic acids is 2. The molecule has 0 atom stereocenters. The number of hydrogen-bond acceptors (Lipinski definition) is 6. The van der Waals surface area contributed by atoms with Crippen molar-refractivity contribution >= 4 is 23.6 Å². The molecule has 1 amide bonds. The smallest absolute Gasteiger partial charge is 0.357 e. The second-order valence-corrected chi connectivity index (χ2v) is 8.23. The third-order valence-electron chi connectivity index (χ3n) is 6.07. The summed E-state index contributed by atoms with van der Waals surface area (Å²) in [7, 11) is 1.26. The van der Waals surface area contributed by atoms with Crippen LogP contribution in [0.5, 0.6) is 0 Å². The third kappa shape index (κ3) is 5.26. The van der Waals surface area contributed by atoms with Crippen LogP contribution >= 0.6 is 0 Å². The Morgan fingerprint density at radius 1 is 1.06 bits per heavy atom. The maximum Gasteiger partial charge on any atom is 0.357 e. The van der Waals surface area contributed by atoms with Gasteiger partial charge in [0.1, 0.15) is 6.07 Å².